The van der Waals surface area contributed by atoms with Crippen molar-refractivity contribution in [3.8, 4) is 0 Å². The molecule has 3 fully saturated rings. The Morgan fingerprint density at radius 2 is 1.61 bits per heavy atom. The standard InChI is InChI=1S/C24H31N7O2/c25-21(32)20-15-26-23(29-22(20)27-18-7-8-18)28-19-5-3-16(4-6-19)17-9-13-31(14-10-17)24(33)30-11-1-2-12-30/h3-6,15,17-18H,1-2,7-14H2,(H2,25,32)(H2,26,27,28,29). The number of rotatable bonds is 6. The molecule has 4 N–H and O–H groups in total. The van der Waals surface area contributed by atoms with Crippen LogP contribution in [-0.4, -0.2) is 63.9 Å². The molecule has 0 radical (unpaired) electrons. The highest BCUT2D eigenvalue weighted by Gasteiger charge is 2.28. The third-order valence-electron chi connectivity index (χ3n) is 6.75. The van der Waals surface area contributed by atoms with Crippen LogP contribution < -0.4 is 16.4 Å². The van der Waals surface area contributed by atoms with Crippen LogP contribution in [0.4, 0.5) is 22.2 Å². The van der Waals surface area contributed by atoms with Gasteiger partial charge < -0.3 is 26.2 Å². The van der Waals surface area contributed by atoms with E-state index in [1.807, 2.05) is 21.9 Å². The zero-order valence-electron chi connectivity index (χ0n) is 18.8. The number of carbonyl (C=O) groups is 2. The SMILES string of the molecule is NC(=O)c1cnc(Nc2ccc(C3CCN(C(=O)N4CCCC4)CC3)cc2)nc1NC1CC1. The lowest BCUT2D eigenvalue weighted by Crippen LogP contribution is -2.45. The second-order valence-corrected chi connectivity index (χ2v) is 9.22. The van der Waals surface area contributed by atoms with Crippen LogP contribution in [0.25, 0.3) is 0 Å². The van der Waals surface area contributed by atoms with E-state index in [1.165, 1.54) is 11.8 Å². The van der Waals surface area contributed by atoms with E-state index in [9.17, 15) is 9.59 Å². The molecule has 2 aromatic rings. The number of carbonyl (C=O) groups excluding carboxylic acids is 2. The fourth-order valence-electron chi connectivity index (χ4n) is 4.63. The topological polar surface area (TPSA) is 116 Å². The van der Waals surface area contributed by atoms with Crippen molar-refractivity contribution < 1.29 is 9.59 Å². The molecule has 174 valence electrons. The fourth-order valence-corrected chi connectivity index (χ4v) is 4.63. The number of primary amides is 1. The Labute approximate surface area is 193 Å². The molecule has 9 heteroatoms. The summed E-state index contributed by atoms with van der Waals surface area (Å²) in [5.74, 6) is 0.823. The van der Waals surface area contributed by atoms with Crippen LogP contribution in [0.2, 0.25) is 0 Å². The Hall–Kier alpha value is -3.36. The molecule has 0 unspecified atom stereocenters. The molecule has 1 aromatic carbocycles. The number of hydrogen-bond acceptors (Lipinski definition) is 6. The maximum Gasteiger partial charge on any atom is 0.319 e. The fraction of sp³-hybridized carbons (Fsp3) is 0.500. The molecule has 2 saturated heterocycles. The first-order valence-electron chi connectivity index (χ1n) is 11.9. The quantitative estimate of drug-likeness (QED) is 0.623. The minimum absolute atomic E-state index is 0.211. The molecule has 3 amide bonds. The van der Waals surface area contributed by atoms with Crippen molar-refractivity contribution in [2.24, 2.45) is 5.73 Å². The van der Waals surface area contributed by atoms with Crippen LogP contribution in [0.5, 0.6) is 0 Å². The predicted molar refractivity (Wildman–Crippen MR) is 127 cm³/mol. The molecular formula is C24H31N7O2. The third kappa shape index (κ3) is 5.02. The lowest BCUT2D eigenvalue weighted by molar-refractivity contribution is 0.100. The van der Waals surface area contributed by atoms with Gasteiger partial charge in [0.1, 0.15) is 5.82 Å². The van der Waals surface area contributed by atoms with Crippen molar-refractivity contribution in [3.05, 3.63) is 41.6 Å². The van der Waals surface area contributed by atoms with Crippen molar-refractivity contribution >= 4 is 29.4 Å². The number of nitrogens with two attached hydrogens (primary N) is 1. The Morgan fingerprint density at radius 3 is 2.24 bits per heavy atom. The molecule has 0 spiro atoms. The summed E-state index contributed by atoms with van der Waals surface area (Å²) in [4.78, 5) is 37.0. The molecule has 33 heavy (non-hydrogen) atoms. The van der Waals surface area contributed by atoms with Gasteiger partial charge in [0.15, 0.2) is 0 Å². The maximum absolute atomic E-state index is 12.6. The number of amides is 3. The maximum atomic E-state index is 12.6. The predicted octanol–water partition coefficient (Wildman–Crippen LogP) is 3.29. The molecular weight excluding hydrogens is 418 g/mol. The van der Waals surface area contributed by atoms with E-state index in [1.54, 1.807) is 0 Å². The Kier molecular flexibility index (Phi) is 6.02. The van der Waals surface area contributed by atoms with Gasteiger partial charge >= 0.3 is 6.03 Å². The van der Waals surface area contributed by atoms with Gasteiger partial charge in [0.05, 0.1) is 5.56 Å². The number of hydrogen-bond donors (Lipinski definition) is 3. The number of urea groups is 1. The molecule has 2 aliphatic heterocycles. The highest BCUT2D eigenvalue weighted by atomic mass is 16.2. The van der Waals surface area contributed by atoms with Crippen molar-refractivity contribution in [1.82, 2.24) is 19.8 Å². The number of nitrogens with zero attached hydrogens (tertiary/aromatic N) is 4. The van der Waals surface area contributed by atoms with E-state index in [2.05, 4.69) is 32.7 Å². The Morgan fingerprint density at radius 1 is 0.939 bits per heavy atom. The van der Waals surface area contributed by atoms with Crippen LogP contribution in [0.15, 0.2) is 30.5 Å². The summed E-state index contributed by atoms with van der Waals surface area (Å²) < 4.78 is 0. The van der Waals surface area contributed by atoms with E-state index in [0.717, 1.165) is 70.4 Å². The largest absolute Gasteiger partial charge is 0.367 e. The lowest BCUT2D eigenvalue weighted by atomic mass is 9.89. The van der Waals surface area contributed by atoms with Crippen LogP contribution in [0.1, 0.15) is 60.4 Å². The van der Waals surface area contributed by atoms with Crippen LogP contribution in [-0.2, 0) is 0 Å². The van der Waals surface area contributed by atoms with Gasteiger partial charge in [0, 0.05) is 44.1 Å². The normalized spacial score (nSPS) is 18.9. The summed E-state index contributed by atoms with van der Waals surface area (Å²) in [5.41, 5.74) is 7.92. The first-order valence-corrected chi connectivity index (χ1v) is 11.9. The summed E-state index contributed by atoms with van der Waals surface area (Å²) in [6.07, 6.45) is 7.83. The van der Waals surface area contributed by atoms with Crippen LogP contribution >= 0.6 is 0 Å². The first kappa shape index (κ1) is 21.5. The van der Waals surface area contributed by atoms with Crippen molar-refractivity contribution in [1.29, 1.82) is 0 Å². The molecule has 3 aliphatic rings. The Bertz CT molecular complexity index is 1010. The number of benzene rings is 1. The number of anilines is 3. The van der Waals surface area contributed by atoms with E-state index in [-0.39, 0.29) is 6.03 Å². The van der Waals surface area contributed by atoms with Gasteiger partial charge in [-0.2, -0.15) is 4.98 Å². The second-order valence-electron chi connectivity index (χ2n) is 9.22. The molecule has 1 saturated carbocycles. The average Bonchev–Trinajstić information content (AvgIpc) is 3.47. The molecule has 3 heterocycles. The summed E-state index contributed by atoms with van der Waals surface area (Å²) in [6, 6.07) is 8.87. The third-order valence-corrected chi connectivity index (χ3v) is 6.75. The van der Waals surface area contributed by atoms with Gasteiger partial charge in [-0.05, 0) is 62.1 Å². The van der Waals surface area contributed by atoms with Gasteiger partial charge in [0.25, 0.3) is 5.91 Å². The van der Waals surface area contributed by atoms with Crippen molar-refractivity contribution in [2.45, 2.75) is 50.5 Å². The smallest absolute Gasteiger partial charge is 0.319 e. The zero-order chi connectivity index (χ0) is 22.8. The van der Waals surface area contributed by atoms with Crippen molar-refractivity contribution in [2.75, 3.05) is 36.8 Å². The summed E-state index contributed by atoms with van der Waals surface area (Å²) in [5, 5.41) is 6.47. The van der Waals surface area contributed by atoms with Gasteiger partial charge in [-0.1, -0.05) is 12.1 Å². The summed E-state index contributed by atoms with van der Waals surface area (Å²) in [6.45, 7) is 3.44. The number of piperidine rings is 1. The first-order chi connectivity index (χ1) is 16.1. The highest BCUT2D eigenvalue weighted by Crippen LogP contribution is 2.30. The lowest BCUT2D eigenvalue weighted by Gasteiger charge is -2.34. The van der Waals surface area contributed by atoms with Gasteiger partial charge in [-0.25, -0.2) is 9.78 Å². The number of likely N-dealkylation sites (tertiary alicyclic amines) is 2. The highest BCUT2D eigenvalue weighted by molar-refractivity contribution is 5.97. The summed E-state index contributed by atoms with van der Waals surface area (Å²) >= 11 is 0. The van der Waals surface area contributed by atoms with E-state index in [0.29, 0.717) is 29.3 Å². The van der Waals surface area contributed by atoms with Crippen LogP contribution in [0.3, 0.4) is 0 Å². The number of nitrogens with one attached hydrogen (secondary N) is 2. The molecule has 1 aromatic heterocycles. The second kappa shape index (κ2) is 9.25. The Balaban J connectivity index is 1.19. The molecule has 5 rings (SSSR count). The van der Waals surface area contributed by atoms with E-state index < -0.39 is 5.91 Å². The average molecular weight is 450 g/mol. The minimum Gasteiger partial charge on any atom is -0.367 e. The van der Waals surface area contributed by atoms with Crippen molar-refractivity contribution in [3.63, 3.8) is 0 Å². The van der Waals surface area contributed by atoms with E-state index in [4.69, 9.17) is 5.73 Å². The number of aromatic nitrogens is 2. The van der Waals surface area contributed by atoms with Gasteiger partial charge in [-0.3, -0.25) is 4.79 Å². The molecule has 1 aliphatic carbocycles. The molecule has 9 nitrogen and oxygen atoms in total. The van der Waals surface area contributed by atoms with Crippen LogP contribution in [0, 0.1) is 0 Å². The molecule has 0 atom stereocenters. The summed E-state index contributed by atoms with van der Waals surface area (Å²) in [7, 11) is 0. The minimum atomic E-state index is -0.540. The van der Waals surface area contributed by atoms with E-state index >= 15 is 0 Å². The van der Waals surface area contributed by atoms with Gasteiger partial charge in [-0.15, -0.1) is 0 Å². The molecule has 0 bridgehead atoms. The zero-order valence-corrected chi connectivity index (χ0v) is 18.8. The van der Waals surface area contributed by atoms with Gasteiger partial charge in [0.2, 0.25) is 5.95 Å². The monoisotopic (exact) mass is 449 g/mol.